The van der Waals surface area contributed by atoms with Crippen molar-refractivity contribution in [3.05, 3.63) is 120 Å². The molecule has 3 heterocycles. The molecule has 9 nitrogen and oxygen atoms in total. The third-order valence-electron chi connectivity index (χ3n) is 8.50. The Kier molecular flexibility index (Phi) is 8.40. The van der Waals surface area contributed by atoms with Crippen molar-refractivity contribution in [1.82, 2.24) is 9.62 Å². The van der Waals surface area contributed by atoms with Gasteiger partial charge in [0, 0.05) is 24.8 Å². The summed E-state index contributed by atoms with van der Waals surface area (Å²) in [5.41, 5.74) is 1.05. The first-order valence-corrected chi connectivity index (χ1v) is 16.2. The third kappa shape index (κ3) is 5.68. The van der Waals surface area contributed by atoms with Crippen LogP contribution in [-0.2, 0) is 35.5 Å². The van der Waals surface area contributed by atoms with Crippen molar-refractivity contribution in [2.24, 2.45) is 0 Å². The van der Waals surface area contributed by atoms with E-state index >= 15 is 0 Å². The minimum Gasteiger partial charge on any atom is -0.466 e. The Morgan fingerprint density at radius 1 is 0.955 bits per heavy atom. The highest BCUT2D eigenvalue weighted by molar-refractivity contribution is 7.89. The zero-order chi connectivity index (χ0) is 30.7. The molecule has 3 unspecified atom stereocenters. The van der Waals surface area contributed by atoms with Gasteiger partial charge in [-0.05, 0) is 55.2 Å². The number of sulfonamides is 1. The van der Waals surface area contributed by atoms with Gasteiger partial charge in [0.25, 0.3) is 5.91 Å². The van der Waals surface area contributed by atoms with Gasteiger partial charge in [-0.1, -0.05) is 72.8 Å². The van der Waals surface area contributed by atoms with Crippen molar-refractivity contribution >= 4 is 27.6 Å². The lowest BCUT2D eigenvalue weighted by molar-refractivity contribution is -0.138. The highest BCUT2D eigenvalue weighted by atomic mass is 32.2. The van der Waals surface area contributed by atoms with Gasteiger partial charge in [0.05, 0.1) is 29.2 Å². The van der Waals surface area contributed by atoms with Crippen LogP contribution in [0.4, 0.5) is 5.69 Å². The van der Waals surface area contributed by atoms with Crippen molar-refractivity contribution < 1.29 is 27.5 Å². The molecule has 2 bridgehead atoms. The molecule has 228 valence electrons. The number of hydrogen-bond acceptors (Lipinski definition) is 7. The quantitative estimate of drug-likeness (QED) is 0.264. The second-order valence-corrected chi connectivity index (χ2v) is 13.1. The van der Waals surface area contributed by atoms with E-state index in [2.05, 4.69) is 10.6 Å². The predicted molar refractivity (Wildman–Crippen MR) is 166 cm³/mol. The molecular formula is C34H35N3O6S. The summed E-state index contributed by atoms with van der Waals surface area (Å²) in [4.78, 5) is 27.6. The molecule has 0 saturated carbocycles. The summed E-state index contributed by atoms with van der Waals surface area (Å²) in [6, 6.07) is 27.2. The summed E-state index contributed by atoms with van der Waals surface area (Å²) in [6.07, 6.45) is 4.35. The molecule has 6 rings (SSSR count). The SMILES string of the molecule is COC(=O)C1=C(C(=O)NC2CCN(S(=O)(=O)c3ccccc3)CC2)C2C=CC1(C(Cc1ccccc1)Nc1ccccc1)O2. The van der Waals surface area contributed by atoms with Gasteiger partial charge in [0.1, 0.15) is 11.7 Å². The largest absolute Gasteiger partial charge is 0.466 e. The highest BCUT2D eigenvalue weighted by Crippen LogP contribution is 2.47. The van der Waals surface area contributed by atoms with Gasteiger partial charge in [0.2, 0.25) is 10.0 Å². The molecule has 0 aliphatic carbocycles. The molecule has 1 amide bonds. The second-order valence-electron chi connectivity index (χ2n) is 11.2. The normalized spacial score (nSPS) is 22.5. The lowest BCUT2D eigenvalue weighted by Crippen LogP contribution is -2.50. The number of benzene rings is 3. The van der Waals surface area contributed by atoms with Gasteiger partial charge in [-0.15, -0.1) is 0 Å². The van der Waals surface area contributed by atoms with E-state index in [0.29, 0.717) is 19.3 Å². The van der Waals surface area contributed by atoms with Crippen molar-refractivity contribution in [2.45, 2.75) is 47.9 Å². The molecule has 0 spiro atoms. The Labute approximate surface area is 257 Å². The summed E-state index contributed by atoms with van der Waals surface area (Å²) >= 11 is 0. The van der Waals surface area contributed by atoms with E-state index in [9.17, 15) is 18.0 Å². The van der Waals surface area contributed by atoms with Crippen molar-refractivity contribution in [1.29, 1.82) is 0 Å². The zero-order valence-corrected chi connectivity index (χ0v) is 25.2. The monoisotopic (exact) mass is 613 g/mol. The van der Waals surface area contributed by atoms with E-state index in [1.165, 1.54) is 11.4 Å². The Morgan fingerprint density at radius 2 is 1.57 bits per heavy atom. The maximum Gasteiger partial charge on any atom is 0.337 e. The summed E-state index contributed by atoms with van der Waals surface area (Å²) < 4.78 is 39.4. The summed E-state index contributed by atoms with van der Waals surface area (Å²) in [5.74, 6) is -1.04. The molecule has 44 heavy (non-hydrogen) atoms. The number of carbonyl (C=O) groups excluding carboxylic acids is 2. The zero-order valence-electron chi connectivity index (χ0n) is 24.4. The Bertz CT molecular complexity index is 1630. The minimum atomic E-state index is -3.62. The smallest absolute Gasteiger partial charge is 0.337 e. The Hall–Kier alpha value is -4.25. The van der Waals surface area contributed by atoms with E-state index in [1.807, 2.05) is 72.8 Å². The molecule has 10 heteroatoms. The third-order valence-corrected chi connectivity index (χ3v) is 10.4. The number of carbonyl (C=O) groups is 2. The fourth-order valence-corrected chi connectivity index (χ4v) is 7.79. The van der Waals surface area contributed by atoms with Crippen molar-refractivity contribution in [3.63, 3.8) is 0 Å². The average molecular weight is 614 g/mol. The van der Waals surface area contributed by atoms with Crippen LogP contribution in [0.2, 0.25) is 0 Å². The van der Waals surface area contributed by atoms with Crippen LogP contribution in [0.1, 0.15) is 18.4 Å². The number of piperidine rings is 1. The van der Waals surface area contributed by atoms with Crippen LogP contribution in [0.25, 0.3) is 0 Å². The molecule has 3 atom stereocenters. The van der Waals surface area contributed by atoms with E-state index in [4.69, 9.17) is 9.47 Å². The van der Waals surface area contributed by atoms with Crippen LogP contribution in [0.3, 0.4) is 0 Å². The number of esters is 1. The van der Waals surface area contributed by atoms with Crippen molar-refractivity contribution in [2.75, 3.05) is 25.5 Å². The van der Waals surface area contributed by atoms with E-state index in [-0.39, 0.29) is 35.2 Å². The number of amides is 1. The number of para-hydroxylation sites is 1. The number of fused-ring (bicyclic) bond motifs is 2. The number of rotatable bonds is 10. The second kappa shape index (κ2) is 12.4. The van der Waals surface area contributed by atoms with Gasteiger partial charge in [0.15, 0.2) is 0 Å². The molecule has 0 radical (unpaired) electrons. The molecule has 2 N–H and O–H groups in total. The van der Waals surface area contributed by atoms with Gasteiger partial charge in [-0.25, -0.2) is 13.2 Å². The minimum absolute atomic E-state index is 0.179. The van der Waals surface area contributed by atoms with Crippen LogP contribution < -0.4 is 10.6 Å². The van der Waals surface area contributed by atoms with Crippen LogP contribution in [0.15, 0.2) is 119 Å². The topological polar surface area (TPSA) is 114 Å². The molecule has 3 aromatic rings. The average Bonchev–Trinajstić information content (AvgIpc) is 3.64. The van der Waals surface area contributed by atoms with Crippen molar-refractivity contribution in [3.8, 4) is 0 Å². The maximum atomic E-state index is 13.9. The Morgan fingerprint density at radius 3 is 2.20 bits per heavy atom. The van der Waals surface area contributed by atoms with Crippen LogP contribution in [0.5, 0.6) is 0 Å². The number of methoxy groups -OCH3 is 1. The predicted octanol–water partition coefficient (Wildman–Crippen LogP) is 3.86. The standard InChI is InChI=1S/C34H35N3O6S/c1-42-33(39)31-30(32(38)36-26-18-21-37(22-19-26)44(40,41)27-15-9-4-10-16-27)28-17-20-34(31,43-28)29(23-24-11-5-2-6-12-24)35-25-13-7-3-8-14-25/h2-17,20,26,28-29,35H,18-19,21-23H2,1H3,(H,36,38). The molecular weight excluding hydrogens is 578 g/mol. The molecule has 1 saturated heterocycles. The van der Waals surface area contributed by atoms with Crippen LogP contribution >= 0.6 is 0 Å². The summed E-state index contributed by atoms with van der Waals surface area (Å²) in [5, 5.41) is 6.62. The first-order valence-electron chi connectivity index (χ1n) is 14.7. The molecule has 3 aliphatic heterocycles. The van der Waals surface area contributed by atoms with Gasteiger partial charge in [-0.3, -0.25) is 4.79 Å². The number of ether oxygens (including phenoxy) is 2. The van der Waals surface area contributed by atoms with Gasteiger partial charge < -0.3 is 20.1 Å². The van der Waals surface area contributed by atoms with Crippen LogP contribution in [0, 0.1) is 0 Å². The van der Waals surface area contributed by atoms with E-state index in [1.54, 1.807) is 30.3 Å². The lowest BCUT2D eigenvalue weighted by atomic mass is 9.78. The number of anilines is 1. The molecule has 3 aromatic carbocycles. The number of nitrogens with zero attached hydrogens (tertiary/aromatic N) is 1. The summed E-state index contributed by atoms with van der Waals surface area (Å²) in [6.45, 7) is 0.546. The highest BCUT2D eigenvalue weighted by Gasteiger charge is 2.58. The first kappa shape index (κ1) is 29.8. The number of nitrogens with one attached hydrogen (secondary N) is 2. The molecule has 1 fully saturated rings. The Balaban J connectivity index is 1.25. The fraction of sp³-hybridized carbons (Fsp3) is 0.294. The maximum absolute atomic E-state index is 13.9. The van der Waals surface area contributed by atoms with Crippen LogP contribution in [-0.4, -0.2) is 68.6 Å². The van der Waals surface area contributed by atoms with Gasteiger partial charge >= 0.3 is 5.97 Å². The molecule has 3 aliphatic rings. The summed E-state index contributed by atoms with van der Waals surface area (Å²) in [7, 11) is -2.32. The van der Waals surface area contributed by atoms with Gasteiger partial charge in [-0.2, -0.15) is 4.31 Å². The van der Waals surface area contributed by atoms with E-state index < -0.39 is 39.6 Å². The number of hydrogen-bond donors (Lipinski definition) is 2. The van der Waals surface area contributed by atoms with E-state index in [0.717, 1.165) is 11.3 Å². The fourth-order valence-electron chi connectivity index (χ4n) is 6.30. The first-order chi connectivity index (χ1) is 21.3. The molecule has 0 aromatic heterocycles. The lowest BCUT2D eigenvalue weighted by Gasteiger charge is -2.36.